The number of rotatable bonds is 5. The number of hydrogen-bond donors (Lipinski definition) is 1. The first-order valence-corrected chi connectivity index (χ1v) is 7.14. The van der Waals surface area contributed by atoms with Gasteiger partial charge in [0.25, 0.3) is 0 Å². The van der Waals surface area contributed by atoms with Gasteiger partial charge in [-0.05, 0) is 49.4 Å². The Morgan fingerprint density at radius 1 is 1.11 bits per heavy atom. The summed E-state index contributed by atoms with van der Waals surface area (Å²) in [6, 6.07) is 0. The first-order valence-electron chi connectivity index (χ1n) is 7.14. The molecule has 106 valence electrons. The van der Waals surface area contributed by atoms with Crippen molar-refractivity contribution in [3.8, 4) is 0 Å². The summed E-state index contributed by atoms with van der Waals surface area (Å²) in [5.74, 6) is 1.28. The Kier molecular flexibility index (Phi) is 3.48. The smallest absolute Gasteiger partial charge is 0.319 e. The second-order valence-corrected chi connectivity index (χ2v) is 6.06. The molecule has 0 aliphatic heterocycles. The largest absolute Gasteiger partial charge is 0.481 e. The molecule has 19 heavy (non-hydrogen) atoms. The third-order valence-corrected chi connectivity index (χ3v) is 5.17. The number of ether oxygens (including phenoxy) is 2. The van der Waals surface area contributed by atoms with Crippen molar-refractivity contribution in [2.45, 2.75) is 44.6 Å². The van der Waals surface area contributed by atoms with E-state index in [-0.39, 0.29) is 12.9 Å². The Balaban J connectivity index is 1.43. The number of carboxylic acid groups (broad SMARTS) is 1. The third-order valence-electron chi connectivity index (χ3n) is 5.17. The topological polar surface area (TPSA) is 72.8 Å². The number of fused-ring (bicyclic) bond motifs is 5. The van der Waals surface area contributed by atoms with Crippen LogP contribution in [0.25, 0.3) is 0 Å². The van der Waals surface area contributed by atoms with Crippen LogP contribution < -0.4 is 0 Å². The molecule has 3 saturated carbocycles. The predicted octanol–water partition coefficient (Wildman–Crippen LogP) is 1.80. The van der Waals surface area contributed by atoms with Crippen LogP contribution in [0.4, 0.5) is 0 Å². The van der Waals surface area contributed by atoms with Crippen LogP contribution in [0.2, 0.25) is 0 Å². The van der Waals surface area contributed by atoms with Crippen molar-refractivity contribution >= 4 is 11.9 Å². The molecule has 3 aliphatic carbocycles. The minimum Gasteiger partial charge on any atom is -0.481 e. The molecule has 0 spiro atoms. The molecule has 3 fully saturated rings. The fourth-order valence-corrected chi connectivity index (χ4v) is 4.56. The van der Waals surface area contributed by atoms with E-state index in [4.69, 9.17) is 14.6 Å². The van der Waals surface area contributed by atoms with E-state index in [0.29, 0.717) is 5.92 Å². The molecule has 3 aliphatic rings. The normalized spacial score (nSPS) is 39.3. The number of carbonyl (C=O) groups excluding carboxylic acids is 1. The van der Waals surface area contributed by atoms with Gasteiger partial charge in [0.05, 0.1) is 6.10 Å². The summed E-state index contributed by atoms with van der Waals surface area (Å²) in [5, 5.41) is 8.44. The molecule has 0 aromatic rings. The summed E-state index contributed by atoms with van der Waals surface area (Å²) in [6.45, 7) is -0.0998. The molecule has 5 nitrogen and oxygen atoms in total. The number of esters is 1. The van der Waals surface area contributed by atoms with E-state index in [9.17, 15) is 9.59 Å². The van der Waals surface area contributed by atoms with Crippen molar-refractivity contribution < 1.29 is 24.2 Å². The van der Waals surface area contributed by atoms with E-state index in [1.165, 1.54) is 25.7 Å². The second kappa shape index (κ2) is 5.12. The fourth-order valence-electron chi connectivity index (χ4n) is 4.56. The highest BCUT2D eigenvalue weighted by molar-refractivity contribution is 5.89. The first kappa shape index (κ1) is 12.9. The van der Waals surface area contributed by atoms with Gasteiger partial charge < -0.3 is 14.6 Å². The molecule has 5 heteroatoms. The van der Waals surface area contributed by atoms with Crippen LogP contribution in [0.5, 0.6) is 0 Å². The first-order chi connectivity index (χ1) is 9.15. The van der Waals surface area contributed by atoms with Crippen LogP contribution >= 0.6 is 0 Å². The maximum Gasteiger partial charge on any atom is 0.319 e. The van der Waals surface area contributed by atoms with Crippen LogP contribution in [0.1, 0.15) is 38.5 Å². The highest BCUT2D eigenvalue weighted by Crippen LogP contribution is 2.59. The molecule has 5 atom stereocenters. The van der Waals surface area contributed by atoms with Gasteiger partial charge in [-0.3, -0.25) is 9.59 Å². The van der Waals surface area contributed by atoms with Crippen LogP contribution in [-0.4, -0.2) is 29.9 Å². The van der Waals surface area contributed by atoms with E-state index in [1.54, 1.807) is 0 Å². The van der Waals surface area contributed by atoms with Crippen molar-refractivity contribution in [2.75, 3.05) is 6.79 Å². The van der Waals surface area contributed by atoms with E-state index in [1.807, 2.05) is 0 Å². The van der Waals surface area contributed by atoms with E-state index >= 15 is 0 Å². The average Bonchev–Trinajstić information content (AvgIpc) is 2.99. The molecule has 0 heterocycles. The monoisotopic (exact) mass is 268 g/mol. The number of carboxylic acids is 1. The molecule has 0 amide bonds. The maximum absolute atomic E-state index is 11.1. The molecule has 3 rings (SSSR count). The van der Waals surface area contributed by atoms with Crippen molar-refractivity contribution in [2.24, 2.45) is 23.7 Å². The Hall–Kier alpha value is -1.10. The highest BCUT2D eigenvalue weighted by atomic mass is 16.7. The summed E-state index contributed by atoms with van der Waals surface area (Å²) < 4.78 is 10.5. The van der Waals surface area contributed by atoms with Crippen molar-refractivity contribution in [1.29, 1.82) is 0 Å². The molecule has 0 saturated heterocycles. The Morgan fingerprint density at radius 3 is 2.68 bits per heavy atom. The minimum absolute atomic E-state index is 0.0998. The average molecular weight is 268 g/mol. The zero-order valence-corrected chi connectivity index (χ0v) is 10.9. The third kappa shape index (κ3) is 2.48. The lowest BCUT2D eigenvalue weighted by Crippen LogP contribution is -2.31. The van der Waals surface area contributed by atoms with Crippen LogP contribution in [0.3, 0.4) is 0 Å². The Labute approximate surface area is 112 Å². The molecular weight excluding hydrogens is 248 g/mol. The summed E-state index contributed by atoms with van der Waals surface area (Å²) in [6.07, 6.45) is 6.03. The van der Waals surface area contributed by atoms with Gasteiger partial charge in [0, 0.05) is 0 Å². The van der Waals surface area contributed by atoms with Crippen LogP contribution in [0, 0.1) is 23.7 Å². The van der Waals surface area contributed by atoms with Crippen LogP contribution in [-0.2, 0) is 19.1 Å². The van der Waals surface area contributed by atoms with Gasteiger partial charge in [0.15, 0.2) is 6.79 Å². The van der Waals surface area contributed by atoms with Gasteiger partial charge >= 0.3 is 11.9 Å². The van der Waals surface area contributed by atoms with Crippen molar-refractivity contribution in [3.63, 3.8) is 0 Å². The van der Waals surface area contributed by atoms with E-state index in [2.05, 4.69) is 0 Å². The number of hydrogen-bond acceptors (Lipinski definition) is 4. The molecule has 2 bridgehead atoms. The van der Waals surface area contributed by atoms with Crippen molar-refractivity contribution in [1.82, 2.24) is 0 Å². The lowest BCUT2D eigenvalue weighted by molar-refractivity contribution is -0.167. The van der Waals surface area contributed by atoms with Gasteiger partial charge in [-0.2, -0.15) is 0 Å². The lowest BCUT2D eigenvalue weighted by Gasteiger charge is -2.31. The molecule has 0 radical (unpaired) electrons. The van der Waals surface area contributed by atoms with E-state index in [0.717, 1.165) is 24.2 Å². The van der Waals surface area contributed by atoms with Crippen molar-refractivity contribution in [3.05, 3.63) is 0 Å². The van der Waals surface area contributed by atoms with Gasteiger partial charge in [-0.15, -0.1) is 0 Å². The Morgan fingerprint density at radius 2 is 1.89 bits per heavy atom. The molecule has 0 aromatic carbocycles. The zero-order valence-electron chi connectivity index (χ0n) is 10.9. The predicted molar refractivity (Wildman–Crippen MR) is 65.1 cm³/mol. The Bertz CT molecular complexity index is 380. The quantitative estimate of drug-likeness (QED) is 0.467. The van der Waals surface area contributed by atoms with Gasteiger partial charge in [-0.25, -0.2) is 0 Å². The van der Waals surface area contributed by atoms with Gasteiger partial charge in [0.1, 0.15) is 6.42 Å². The summed E-state index contributed by atoms with van der Waals surface area (Å²) >= 11 is 0. The molecular formula is C14H20O5. The zero-order chi connectivity index (χ0) is 13.4. The molecule has 1 N–H and O–H groups in total. The fraction of sp³-hybridized carbons (Fsp3) is 0.857. The highest BCUT2D eigenvalue weighted by Gasteiger charge is 2.54. The minimum atomic E-state index is -1.17. The van der Waals surface area contributed by atoms with Gasteiger partial charge in [-0.1, -0.05) is 6.42 Å². The summed E-state index contributed by atoms with van der Waals surface area (Å²) in [4.78, 5) is 21.4. The number of aliphatic carboxylic acids is 1. The standard InChI is InChI=1S/C14H20O5/c15-13(16)6-14(17)19-7-18-12-5-8-4-11(12)10-3-1-2-9(8)10/h8-12H,1-7H2,(H,15,16). The molecule has 5 unspecified atom stereocenters. The SMILES string of the molecule is O=C(O)CC(=O)OCOC1CC2CC1C1CCCC21. The van der Waals surface area contributed by atoms with Crippen LogP contribution in [0.15, 0.2) is 0 Å². The number of carbonyl (C=O) groups is 2. The molecule has 0 aromatic heterocycles. The summed E-state index contributed by atoms with van der Waals surface area (Å²) in [5.41, 5.74) is 0. The van der Waals surface area contributed by atoms with Gasteiger partial charge in [0.2, 0.25) is 0 Å². The lowest BCUT2D eigenvalue weighted by atomic mass is 9.80. The van der Waals surface area contributed by atoms with E-state index < -0.39 is 18.4 Å². The summed E-state index contributed by atoms with van der Waals surface area (Å²) in [7, 11) is 0. The maximum atomic E-state index is 11.1. The second-order valence-electron chi connectivity index (χ2n) is 6.06.